The fourth-order valence-electron chi connectivity index (χ4n) is 2.29. The van der Waals surface area contributed by atoms with Gasteiger partial charge in [-0.05, 0) is 50.2 Å². The van der Waals surface area contributed by atoms with Crippen molar-refractivity contribution >= 4 is 23.3 Å². The van der Waals surface area contributed by atoms with Crippen molar-refractivity contribution in [3.63, 3.8) is 0 Å². The second kappa shape index (κ2) is 7.79. The van der Waals surface area contributed by atoms with E-state index >= 15 is 0 Å². The van der Waals surface area contributed by atoms with E-state index in [-0.39, 0.29) is 22.7 Å². The lowest BCUT2D eigenvalue weighted by Crippen LogP contribution is -2.17. The van der Waals surface area contributed by atoms with Crippen molar-refractivity contribution < 1.29 is 18.7 Å². The van der Waals surface area contributed by atoms with Crippen LogP contribution in [-0.4, -0.2) is 32.6 Å². The zero-order valence-corrected chi connectivity index (χ0v) is 14.7. The summed E-state index contributed by atoms with van der Waals surface area (Å²) < 4.78 is 18.6. The quantitative estimate of drug-likeness (QED) is 0.842. The number of halogens is 1. The summed E-state index contributed by atoms with van der Waals surface area (Å²) in [6.45, 7) is 4.42. The van der Waals surface area contributed by atoms with E-state index in [0.717, 1.165) is 18.3 Å². The molecule has 0 unspecified atom stereocenters. The minimum Gasteiger partial charge on any atom is -0.465 e. The second-order valence-corrected chi connectivity index (χ2v) is 5.64. The summed E-state index contributed by atoms with van der Waals surface area (Å²) in [6, 6.07) is 9.58. The molecule has 1 N–H and O–H groups in total. The number of anilines is 2. The Morgan fingerprint density at radius 3 is 2.36 bits per heavy atom. The molecule has 0 saturated heterocycles. The number of hydrogen-bond acceptors (Lipinski definition) is 4. The molecule has 0 atom stereocenters. The summed E-state index contributed by atoms with van der Waals surface area (Å²) in [5.41, 5.74) is 1.97. The first-order chi connectivity index (χ1) is 11.9. The van der Waals surface area contributed by atoms with E-state index in [9.17, 15) is 14.0 Å². The largest absolute Gasteiger partial charge is 0.465 e. The predicted molar refractivity (Wildman–Crippen MR) is 95.8 cm³/mol. The highest BCUT2D eigenvalue weighted by Gasteiger charge is 2.15. The van der Waals surface area contributed by atoms with Crippen LogP contribution in [0, 0.1) is 12.7 Å². The molecule has 2 aromatic carbocycles. The van der Waals surface area contributed by atoms with Gasteiger partial charge in [-0.2, -0.15) is 0 Å². The van der Waals surface area contributed by atoms with Gasteiger partial charge in [0, 0.05) is 36.1 Å². The highest BCUT2D eigenvalue weighted by atomic mass is 19.1. The molecule has 0 aromatic heterocycles. The van der Waals surface area contributed by atoms with E-state index in [2.05, 4.69) is 10.1 Å². The van der Waals surface area contributed by atoms with E-state index in [0.29, 0.717) is 5.56 Å². The fraction of sp³-hybridized carbons (Fsp3) is 0.263. The maximum Gasteiger partial charge on any atom is 0.338 e. The molecule has 0 aliphatic carbocycles. The van der Waals surface area contributed by atoms with Gasteiger partial charge in [-0.3, -0.25) is 4.79 Å². The Kier molecular flexibility index (Phi) is 5.75. The molecule has 1 amide bonds. The maximum absolute atomic E-state index is 14.0. The Bertz CT molecular complexity index is 788. The first kappa shape index (κ1) is 18.4. The van der Waals surface area contributed by atoms with Crippen LogP contribution >= 0.6 is 0 Å². The van der Waals surface area contributed by atoms with Gasteiger partial charge in [0.2, 0.25) is 0 Å². The standard InChI is InChI=1S/C19H21FN2O3/c1-5-22(3)15-8-6-13(7-9-15)18(23)21-17-11-14(19(24)25-4)10-16(20)12(17)2/h6-11H,5H2,1-4H3,(H,21,23). The van der Waals surface area contributed by atoms with Gasteiger partial charge < -0.3 is 15.0 Å². The van der Waals surface area contributed by atoms with Crippen LogP contribution in [0.25, 0.3) is 0 Å². The number of rotatable bonds is 5. The molecule has 0 fully saturated rings. The molecule has 0 saturated carbocycles. The summed E-state index contributed by atoms with van der Waals surface area (Å²) >= 11 is 0. The van der Waals surface area contributed by atoms with Crippen molar-refractivity contribution in [3.05, 3.63) is 58.9 Å². The lowest BCUT2D eigenvalue weighted by atomic mass is 10.1. The molecule has 6 heteroatoms. The zero-order chi connectivity index (χ0) is 18.6. The fourth-order valence-corrected chi connectivity index (χ4v) is 2.29. The van der Waals surface area contributed by atoms with E-state index in [1.807, 2.05) is 31.0 Å². The summed E-state index contributed by atoms with van der Waals surface area (Å²) in [5, 5.41) is 2.65. The highest BCUT2D eigenvalue weighted by molar-refractivity contribution is 6.05. The van der Waals surface area contributed by atoms with E-state index in [4.69, 9.17) is 0 Å². The monoisotopic (exact) mass is 344 g/mol. The number of amides is 1. The number of ether oxygens (including phenoxy) is 1. The first-order valence-corrected chi connectivity index (χ1v) is 7.88. The van der Waals surface area contributed by atoms with E-state index < -0.39 is 11.8 Å². The van der Waals surface area contributed by atoms with Gasteiger partial charge in [0.05, 0.1) is 12.7 Å². The summed E-state index contributed by atoms with van der Waals surface area (Å²) in [7, 11) is 3.17. The average Bonchev–Trinajstić information content (AvgIpc) is 2.63. The van der Waals surface area contributed by atoms with Gasteiger partial charge in [0.25, 0.3) is 5.91 Å². The van der Waals surface area contributed by atoms with Crippen molar-refractivity contribution in [3.8, 4) is 0 Å². The van der Waals surface area contributed by atoms with Crippen molar-refractivity contribution in [1.82, 2.24) is 0 Å². The SMILES string of the molecule is CCN(C)c1ccc(C(=O)Nc2cc(C(=O)OC)cc(F)c2C)cc1. The third kappa shape index (κ3) is 4.15. The lowest BCUT2D eigenvalue weighted by Gasteiger charge is -2.17. The van der Waals surface area contributed by atoms with Crippen molar-refractivity contribution in [1.29, 1.82) is 0 Å². The molecular weight excluding hydrogens is 323 g/mol. The second-order valence-electron chi connectivity index (χ2n) is 5.64. The number of carbonyl (C=O) groups is 2. The molecular formula is C19H21FN2O3. The van der Waals surface area contributed by atoms with E-state index in [1.54, 1.807) is 12.1 Å². The van der Waals surface area contributed by atoms with Crippen LogP contribution in [0.3, 0.4) is 0 Å². The van der Waals surface area contributed by atoms with Gasteiger partial charge in [0.15, 0.2) is 0 Å². The molecule has 0 bridgehead atoms. The number of esters is 1. The molecule has 0 spiro atoms. The van der Waals surface area contributed by atoms with Crippen LogP contribution in [0.2, 0.25) is 0 Å². The molecule has 5 nitrogen and oxygen atoms in total. The van der Waals surface area contributed by atoms with Gasteiger partial charge in [0.1, 0.15) is 5.82 Å². The zero-order valence-electron chi connectivity index (χ0n) is 14.7. The maximum atomic E-state index is 14.0. The van der Waals surface area contributed by atoms with Crippen molar-refractivity contribution in [2.75, 3.05) is 30.9 Å². The minimum atomic E-state index is -0.665. The van der Waals surface area contributed by atoms with E-state index in [1.165, 1.54) is 20.1 Å². The molecule has 0 aliphatic heterocycles. The molecule has 132 valence electrons. The molecule has 0 heterocycles. The smallest absolute Gasteiger partial charge is 0.338 e. The highest BCUT2D eigenvalue weighted by Crippen LogP contribution is 2.22. The molecule has 2 rings (SSSR count). The Labute approximate surface area is 146 Å². The number of benzene rings is 2. The van der Waals surface area contributed by atoms with Gasteiger partial charge in [-0.1, -0.05) is 0 Å². The summed E-state index contributed by atoms with van der Waals surface area (Å²) in [6.07, 6.45) is 0. The Morgan fingerprint density at radius 2 is 1.80 bits per heavy atom. The van der Waals surface area contributed by atoms with Crippen LogP contribution in [0.1, 0.15) is 33.2 Å². The third-order valence-corrected chi connectivity index (χ3v) is 4.06. The molecule has 25 heavy (non-hydrogen) atoms. The topological polar surface area (TPSA) is 58.6 Å². The molecule has 0 radical (unpaired) electrons. The molecule has 2 aromatic rings. The van der Waals surface area contributed by atoms with Crippen LogP contribution in [-0.2, 0) is 4.74 Å². The van der Waals surface area contributed by atoms with Crippen molar-refractivity contribution in [2.45, 2.75) is 13.8 Å². The van der Waals surface area contributed by atoms with Crippen LogP contribution in [0.4, 0.5) is 15.8 Å². The summed E-state index contributed by atoms with van der Waals surface area (Å²) in [5.74, 6) is -1.63. The van der Waals surface area contributed by atoms with Gasteiger partial charge in [-0.25, -0.2) is 9.18 Å². The number of nitrogens with one attached hydrogen (secondary N) is 1. The van der Waals surface area contributed by atoms with Gasteiger partial charge >= 0.3 is 5.97 Å². The number of hydrogen-bond donors (Lipinski definition) is 1. The predicted octanol–water partition coefficient (Wildman–Crippen LogP) is 3.63. The lowest BCUT2D eigenvalue weighted by molar-refractivity contribution is 0.0600. The number of carbonyl (C=O) groups excluding carboxylic acids is 2. The average molecular weight is 344 g/mol. The number of methoxy groups -OCH3 is 1. The van der Waals surface area contributed by atoms with Gasteiger partial charge in [-0.15, -0.1) is 0 Å². The first-order valence-electron chi connectivity index (χ1n) is 7.88. The summed E-state index contributed by atoms with van der Waals surface area (Å²) in [4.78, 5) is 26.1. The minimum absolute atomic E-state index is 0.0424. The Balaban J connectivity index is 2.25. The number of nitrogens with zero attached hydrogens (tertiary/aromatic N) is 1. The van der Waals surface area contributed by atoms with Crippen LogP contribution in [0.15, 0.2) is 36.4 Å². The Hall–Kier alpha value is -2.89. The van der Waals surface area contributed by atoms with Crippen molar-refractivity contribution in [2.24, 2.45) is 0 Å². The Morgan fingerprint density at radius 1 is 1.16 bits per heavy atom. The third-order valence-electron chi connectivity index (χ3n) is 4.06. The van der Waals surface area contributed by atoms with Crippen LogP contribution in [0.5, 0.6) is 0 Å². The molecule has 0 aliphatic rings. The van der Waals surface area contributed by atoms with Crippen LogP contribution < -0.4 is 10.2 Å². The normalized spacial score (nSPS) is 10.3.